The molecule has 0 saturated carbocycles. The minimum atomic E-state index is -0.562. The number of aliphatic hydroxyl groups excluding tert-OH is 1. The van der Waals surface area contributed by atoms with Gasteiger partial charge in [0.1, 0.15) is 13.2 Å². The summed E-state index contributed by atoms with van der Waals surface area (Å²) in [4.78, 5) is 73.7. The van der Waals surface area contributed by atoms with Crippen molar-refractivity contribution in [2.75, 3.05) is 71.4 Å². The second kappa shape index (κ2) is 17.8. The van der Waals surface area contributed by atoms with Gasteiger partial charge in [0.25, 0.3) is 0 Å². The van der Waals surface area contributed by atoms with Crippen LogP contribution in [0.15, 0.2) is 42.6 Å². The molecule has 2 aliphatic heterocycles. The fourth-order valence-electron chi connectivity index (χ4n) is 6.57. The number of benzene rings is 1. The van der Waals surface area contributed by atoms with Crippen molar-refractivity contribution >= 4 is 80.0 Å². The van der Waals surface area contributed by atoms with E-state index in [2.05, 4.69) is 15.6 Å². The van der Waals surface area contributed by atoms with Crippen LogP contribution in [0.2, 0.25) is 10.0 Å². The molecule has 6 rings (SSSR count). The molecule has 5 heterocycles. The van der Waals surface area contributed by atoms with Crippen LogP contribution in [0.5, 0.6) is 0 Å². The van der Waals surface area contributed by atoms with Gasteiger partial charge in [0.2, 0.25) is 29.5 Å². The van der Waals surface area contributed by atoms with E-state index < -0.39 is 6.61 Å². The van der Waals surface area contributed by atoms with E-state index in [0.717, 1.165) is 32.1 Å². The number of carbonyl (C=O) groups is 5. The van der Waals surface area contributed by atoms with Crippen molar-refractivity contribution in [2.45, 2.75) is 32.4 Å². The summed E-state index contributed by atoms with van der Waals surface area (Å²) < 4.78 is 1.69. The largest absolute Gasteiger partial charge is 0.387 e. The number of halogens is 2. The molecule has 0 bridgehead atoms. The maximum Gasteiger partial charge on any atom is 0.248 e. The molecule has 0 aliphatic carbocycles. The third kappa shape index (κ3) is 9.56. The smallest absolute Gasteiger partial charge is 0.248 e. The van der Waals surface area contributed by atoms with Gasteiger partial charge >= 0.3 is 0 Å². The van der Waals surface area contributed by atoms with Crippen LogP contribution >= 0.6 is 34.5 Å². The second-order valence-electron chi connectivity index (χ2n) is 13.6. The summed E-state index contributed by atoms with van der Waals surface area (Å²) in [6, 6.07) is 7.34. The van der Waals surface area contributed by atoms with Gasteiger partial charge in [0, 0.05) is 91.5 Å². The van der Waals surface area contributed by atoms with Crippen molar-refractivity contribution in [1.29, 1.82) is 0 Å². The van der Waals surface area contributed by atoms with Gasteiger partial charge in [-0.15, -0.1) is 11.3 Å². The van der Waals surface area contributed by atoms with Crippen LogP contribution in [0.4, 0.5) is 5.00 Å². The van der Waals surface area contributed by atoms with E-state index in [1.807, 2.05) is 37.2 Å². The number of rotatable bonds is 14. The first-order chi connectivity index (χ1) is 26.4. The van der Waals surface area contributed by atoms with Gasteiger partial charge in [-0.25, -0.2) is 0 Å². The number of amides is 5. The predicted molar refractivity (Wildman–Crippen MR) is 211 cm³/mol. The third-order valence-corrected chi connectivity index (χ3v) is 11.4. The van der Waals surface area contributed by atoms with Crippen LogP contribution < -0.4 is 15.5 Å². The number of piperazine rings is 1. The molecular weight excluding hydrogens is 769 g/mol. The molecule has 0 atom stereocenters. The summed E-state index contributed by atoms with van der Waals surface area (Å²) in [7, 11) is 3.83. The number of aromatic nitrogens is 3. The van der Waals surface area contributed by atoms with Crippen LogP contribution in [0.1, 0.15) is 22.6 Å². The second-order valence-corrected chi connectivity index (χ2v) is 15.5. The number of hydrogen-bond donors (Lipinski definition) is 4. The van der Waals surface area contributed by atoms with Gasteiger partial charge in [-0.3, -0.25) is 28.7 Å². The molecule has 5 amide bonds. The van der Waals surface area contributed by atoms with Crippen molar-refractivity contribution in [1.82, 2.24) is 40.1 Å². The highest BCUT2D eigenvalue weighted by molar-refractivity contribution is 7.16. The number of aryl methyl sites for hydroxylation is 1. The van der Waals surface area contributed by atoms with Gasteiger partial charge in [-0.05, 0) is 44.8 Å². The van der Waals surface area contributed by atoms with E-state index in [4.69, 9.17) is 28.3 Å². The minimum Gasteiger partial charge on any atom is -0.387 e. The van der Waals surface area contributed by atoms with Crippen molar-refractivity contribution in [3.63, 3.8) is 0 Å². The summed E-state index contributed by atoms with van der Waals surface area (Å²) in [6.07, 6.45) is 6.29. The van der Waals surface area contributed by atoms with Crippen LogP contribution in [0.25, 0.3) is 22.2 Å². The third-order valence-electron chi connectivity index (χ3n) is 9.43. The lowest BCUT2D eigenvalue weighted by atomic mass is 9.99. The fourth-order valence-corrected chi connectivity index (χ4v) is 8.02. The molecule has 18 heteroatoms. The summed E-state index contributed by atoms with van der Waals surface area (Å²) in [5.41, 5.74) is 3.90. The van der Waals surface area contributed by atoms with E-state index in [1.165, 1.54) is 17.4 Å². The Labute approximate surface area is 331 Å². The number of H-pyrrole nitrogens is 1. The van der Waals surface area contributed by atoms with Crippen molar-refractivity contribution in [2.24, 2.45) is 0 Å². The van der Waals surface area contributed by atoms with Crippen LogP contribution in [0, 0.1) is 0 Å². The van der Waals surface area contributed by atoms with Crippen molar-refractivity contribution in [3.8, 4) is 11.3 Å². The Bertz CT molecular complexity index is 2130. The number of aromatic amines is 1. The molecular formula is C37H43Cl2N9O6S. The summed E-state index contributed by atoms with van der Waals surface area (Å²) in [5.74, 6) is -1.28. The number of anilines is 1. The number of aliphatic hydroxyl groups is 1. The molecule has 0 spiro atoms. The molecule has 0 radical (unpaired) electrons. The van der Waals surface area contributed by atoms with E-state index in [1.54, 1.807) is 37.7 Å². The Balaban J connectivity index is 0.942. The monoisotopic (exact) mass is 811 g/mol. The van der Waals surface area contributed by atoms with Gasteiger partial charge in [0.05, 0.1) is 39.3 Å². The Hall–Kier alpha value is -4.74. The normalized spacial score (nSPS) is 14.7. The van der Waals surface area contributed by atoms with E-state index in [9.17, 15) is 29.1 Å². The lowest BCUT2D eigenvalue weighted by Crippen LogP contribution is -2.51. The molecule has 3 aromatic heterocycles. The molecule has 0 unspecified atom stereocenters. The first kappa shape index (κ1) is 39.9. The zero-order valence-electron chi connectivity index (χ0n) is 30.6. The highest BCUT2D eigenvalue weighted by atomic mass is 35.5. The average Bonchev–Trinajstić information content (AvgIpc) is 3.93. The maximum atomic E-state index is 12.8. The van der Waals surface area contributed by atoms with Crippen LogP contribution in [-0.4, -0.2) is 131 Å². The Morgan fingerprint density at radius 3 is 2.64 bits per heavy atom. The number of nitrogens with one attached hydrogen (secondary N) is 3. The van der Waals surface area contributed by atoms with Crippen molar-refractivity contribution < 1.29 is 29.1 Å². The first-order valence-corrected chi connectivity index (χ1v) is 19.5. The van der Waals surface area contributed by atoms with E-state index in [-0.39, 0.29) is 55.6 Å². The number of likely N-dealkylation sites (N-methyl/N-ethyl adjacent to an activating group) is 1. The standard InChI is InChI=1S/C37H43Cl2N9O6S/c1-44(2)12-3-4-31(52)46-16-17-48(32(53)21-46)34-8-6-23(55-34)5-7-29(50)41-19-30(51)40-11-15-47-14-10-28(43-47)24-18-26(38)36(39)37-35(24)25-20-45(33(54)22-49)13-9-27(25)42-37/h3-4,6,8,10,14,18,42,49H,5,7,9,11-13,15-17,19-22H2,1-2H3,(H,40,51)(H,41,50)/b4-3+. The van der Waals surface area contributed by atoms with Crippen molar-refractivity contribution in [3.05, 3.63) is 68.8 Å². The molecule has 2 aliphatic rings. The SMILES string of the molecule is CN(C)C/C=C/C(=O)N1CCN(c2ccc(CCC(=O)NCC(=O)NCCn3ccc(-c4cc(Cl)c(Cl)c5[nH]c6c(c45)CN(C(=O)CO)CC6)n3)s2)C(=O)C1. The lowest BCUT2D eigenvalue weighted by Gasteiger charge is -2.33. The summed E-state index contributed by atoms with van der Waals surface area (Å²) in [6.45, 7) is 2.20. The van der Waals surface area contributed by atoms with Gasteiger partial charge in [-0.1, -0.05) is 29.3 Å². The predicted octanol–water partition coefficient (Wildman–Crippen LogP) is 2.43. The number of thiophene rings is 1. The Morgan fingerprint density at radius 1 is 1.05 bits per heavy atom. The molecule has 4 aromatic rings. The molecule has 1 fully saturated rings. The molecule has 4 N–H and O–H groups in total. The molecule has 292 valence electrons. The lowest BCUT2D eigenvalue weighted by molar-refractivity contribution is -0.135. The number of carbonyl (C=O) groups excluding carboxylic acids is 5. The molecule has 1 aromatic carbocycles. The van der Waals surface area contributed by atoms with Gasteiger partial charge in [-0.2, -0.15) is 5.10 Å². The maximum absolute atomic E-state index is 12.8. The highest BCUT2D eigenvalue weighted by Crippen LogP contribution is 2.42. The molecule has 55 heavy (non-hydrogen) atoms. The van der Waals surface area contributed by atoms with Crippen LogP contribution in [-0.2, 0) is 49.9 Å². The quantitative estimate of drug-likeness (QED) is 0.141. The highest BCUT2D eigenvalue weighted by Gasteiger charge is 2.29. The van der Waals surface area contributed by atoms with Gasteiger partial charge < -0.3 is 40.3 Å². The van der Waals surface area contributed by atoms with E-state index >= 15 is 0 Å². The fraction of sp³-hybridized carbons (Fsp3) is 0.405. The van der Waals surface area contributed by atoms with E-state index in [0.29, 0.717) is 73.4 Å². The molecule has 1 saturated heterocycles. The zero-order valence-corrected chi connectivity index (χ0v) is 32.9. The average molecular weight is 813 g/mol. The zero-order chi connectivity index (χ0) is 39.2. The van der Waals surface area contributed by atoms with Gasteiger partial charge in [0.15, 0.2) is 0 Å². The minimum absolute atomic E-state index is 0.0144. The topological polar surface area (TPSA) is 176 Å². The van der Waals surface area contributed by atoms with Crippen LogP contribution in [0.3, 0.4) is 0 Å². The number of hydrogen-bond acceptors (Lipinski definition) is 9. The summed E-state index contributed by atoms with van der Waals surface area (Å²) in [5, 5.41) is 21.9. The Morgan fingerprint density at radius 2 is 1.87 bits per heavy atom. The molecule has 15 nitrogen and oxygen atoms in total. The summed E-state index contributed by atoms with van der Waals surface area (Å²) >= 11 is 14.5. The number of nitrogens with zero attached hydrogens (tertiary/aromatic N) is 6. The first-order valence-electron chi connectivity index (χ1n) is 17.9. The number of fused-ring (bicyclic) bond motifs is 3. The Kier molecular flexibility index (Phi) is 12.9.